The Morgan fingerprint density at radius 3 is 2.52 bits per heavy atom. The molecular formula is C19H31N5O2S. The molecule has 2 aliphatic rings. The van der Waals surface area contributed by atoms with Gasteiger partial charge in [0.2, 0.25) is 11.8 Å². The maximum absolute atomic E-state index is 12.9. The second-order valence-electron chi connectivity index (χ2n) is 7.54. The highest BCUT2D eigenvalue weighted by molar-refractivity contribution is 7.15. The number of rotatable bonds is 5. The SMILES string of the molecule is CCN1CCN(C(=O)C2CCCN(CC(=O)Nc3nc(C)c(C)s3)C2)CC1. The molecule has 2 aliphatic heterocycles. The first-order valence-corrected chi connectivity index (χ1v) is 10.7. The number of likely N-dealkylation sites (tertiary alicyclic amines) is 1. The molecule has 2 fully saturated rings. The van der Waals surface area contributed by atoms with E-state index < -0.39 is 0 Å². The number of carbonyl (C=O) groups is 2. The van der Waals surface area contributed by atoms with Crippen molar-refractivity contribution in [3.8, 4) is 0 Å². The van der Waals surface area contributed by atoms with Gasteiger partial charge < -0.3 is 15.1 Å². The van der Waals surface area contributed by atoms with Gasteiger partial charge in [0.15, 0.2) is 5.13 Å². The molecule has 150 valence electrons. The fraction of sp³-hybridized carbons (Fsp3) is 0.737. The average Bonchev–Trinajstić information content (AvgIpc) is 2.98. The summed E-state index contributed by atoms with van der Waals surface area (Å²) in [6.07, 6.45) is 1.89. The van der Waals surface area contributed by atoms with E-state index in [-0.39, 0.29) is 17.7 Å². The van der Waals surface area contributed by atoms with Crippen LogP contribution in [-0.4, -0.2) is 83.9 Å². The molecule has 3 rings (SSSR count). The third kappa shape index (κ3) is 5.27. The number of aryl methyl sites for hydroxylation is 2. The Balaban J connectivity index is 1.48. The zero-order chi connectivity index (χ0) is 19.4. The van der Waals surface area contributed by atoms with Crippen LogP contribution in [0.5, 0.6) is 0 Å². The molecule has 0 aliphatic carbocycles. The lowest BCUT2D eigenvalue weighted by Crippen LogP contribution is -2.52. The molecule has 0 spiro atoms. The van der Waals surface area contributed by atoms with E-state index in [1.54, 1.807) is 0 Å². The molecule has 2 amide bonds. The molecule has 0 aromatic carbocycles. The Morgan fingerprint density at radius 1 is 1.15 bits per heavy atom. The van der Waals surface area contributed by atoms with Gasteiger partial charge in [-0.05, 0) is 39.8 Å². The van der Waals surface area contributed by atoms with Crippen LogP contribution in [0.1, 0.15) is 30.3 Å². The largest absolute Gasteiger partial charge is 0.340 e. The van der Waals surface area contributed by atoms with Crippen molar-refractivity contribution in [3.63, 3.8) is 0 Å². The molecule has 7 nitrogen and oxygen atoms in total. The van der Waals surface area contributed by atoms with Gasteiger partial charge in [-0.15, -0.1) is 11.3 Å². The van der Waals surface area contributed by atoms with Crippen LogP contribution in [-0.2, 0) is 9.59 Å². The maximum Gasteiger partial charge on any atom is 0.240 e. The Hall–Kier alpha value is -1.51. The number of amides is 2. The van der Waals surface area contributed by atoms with Gasteiger partial charge in [0.05, 0.1) is 18.2 Å². The summed E-state index contributed by atoms with van der Waals surface area (Å²) in [7, 11) is 0. The van der Waals surface area contributed by atoms with Crippen molar-refractivity contribution < 1.29 is 9.59 Å². The van der Waals surface area contributed by atoms with E-state index in [4.69, 9.17) is 0 Å². The zero-order valence-electron chi connectivity index (χ0n) is 16.7. The van der Waals surface area contributed by atoms with Crippen LogP contribution in [0, 0.1) is 19.8 Å². The Bertz CT molecular complexity index is 650. The molecule has 2 saturated heterocycles. The van der Waals surface area contributed by atoms with E-state index in [9.17, 15) is 9.59 Å². The summed E-state index contributed by atoms with van der Waals surface area (Å²) in [5.41, 5.74) is 0.960. The van der Waals surface area contributed by atoms with Crippen molar-refractivity contribution >= 4 is 28.3 Å². The number of likely N-dealkylation sites (N-methyl/N-ethyl adjacent to an activating group) is 1. The van der Waals surface area contributed by atoms with Crippen molar-refractivity contribution in [3.05, 3.63) is 10.6 Å². The first-order chi connectivity index (χ1) is 13.0. The minimum Gasteiger partial charge on any atom is -0.340 e. The van der Waals surface area contributed by atoms with Crippen molar-refractivity contribution in [2.45, 2.75) is 33.6 Å². The number of nitrogens with zero attached hydrogens (tertiary/aromatic N) is 4. The lowest BCUT2D eigenvalue weighted by Gasteiger charge is -2.38. The van der Waals surface area contributed by atoms with Gasteiger partial charge in [-0.3, -0.25) is 14.5 Å². The quantitative estimate of drug-likeness (QED) is 0.823. The lowest BCUT2D eigenvalue weighted by atomic mass is 9.96. The van der Waals surface area contributed by atoms with E-state index >= 15 is 0 Å². The minimum atomic E-state index is -0.0478. The van der Waals surface area contributed by atoms with Crippen molar-refractivity contribution in [2.75, 3.05) is 57.7 Å². The Morgan fingerprint density at radius 2 is 1.89 bits per heavy atom. The summed E-state index contributed by atoms with van der Waals surface area (Å²) >= 11 is 1.50. The standard InChI is InChI=1S/C19H31N5O2S/c1-4-22-8-10-24(11-9-22)18(26)16-6-5-7-23(12-16)13-17(25)21-19-20-14(2)15(3)27-19/h16H,4-13H2,1-3H3,(H,20,21,25). The smallest absolute Gasteiger partial charge is 0.240 e. The van der Waals surface area contributed by atoms with Gasteiger partial charge in [-0.1, -0.05) is 6.92 Å². The first kappa shape index (κ1) is 20.2. The van der Waals surface area contributed by atoms with Crippen LogP contribution < -0.4 is 5.32 Å². The zero-order valence-corrected chi connectivity index (χ0v) is 17.5. The summed E-state index contributed by atoms with van der Waals surface area (Å²) in [5, 5.41) is 3.56. The van der Waals surface area contributed by atoms with Crippen LogP contribution in [0.2, 0.25) is 0 Å². The third-order valence-electron chi connectivity index (χ3n) is 5.63. The number of hydrogen-bond acceptors (Lipinski definition) is 6. The average molecular weight is 394 g/mol. The van der Waals surface area contributed by atoms with Gasteiger partial charge >= 0.3 is 0 Å². The summed E-state index contributed by atoms with van der Waals surface area (Å²) in [4.78, 5) is 37.2. The van der Waals surface area contributed by atoms with E-state index in [1.807, 2.05) is 18.7 Å². The third-order valence-corrected chi connectivity index (χ3v) is 6.62. The fourth-order valence-electron chi connectivity index (χ4n) is 3.83. The van der Waals surface area contributed by atoms with E-state index in [2.05, 4.69) is 27.0 Å². The number of nitrogens with one attached hydrogen (secondary N) is 1. The van der Waals surface area contributed by atoms with E-state index in [0.717, 1.165) is 62.7 Å². The van der Waals surface area contributed by atoms with E-state index in [0.29, 0.717) is 18.2 Å². The van der Waals surface area contributed by atoms with Crippen LogP contribution in [0.15, 0.2) is 0 Å². The Labute approximate surface area is 165 Å². The number of anilines is 1. The molecule has 8 heteroatoms. The summed E-state index contributed by atoms with van der Waals surface area (Å²) in [5.74, 6) is 0.236. The summed E-state index contributed by atoms with van der Waals surface area (Å²) in [6.45, 7) is 12.6. The predicted molar refractivity (Wildman–Crippen MR) is 108 cm³/mol. The van der Waals surface area contributed by atoms with E-state index in [1.165, 1.54) is 11.3 Å². The molecule has 0 radical (unpaired) electrons. The Kier molecular flexibility index (Phi) is 6.83. The molecule has 1 aromatic rings. The second kappa shape index (κ2) is 9.12. The van der Waals surface area contributed by atoms with Gasteiger partial charge in [0.25, 0.3) is 0 Å². The number of aromatic nitrogens is 1. The molecule has 0 saturated carbocycles. The molecule has 1 N–H and O–H groups in total. The molecule has 0 bridgehead atoms. The maximum atomic E-state index is 12.9. The first-order valence-electron chi connectivity index (χ1n) is 9.93. The highest BCUT2D eigenvalue weighted by atomic mass is 32.1. The highest BCUT2D eigenvalue weighted by Crippen LogP contribution is 2.22. The molecule has 1 aromatic heterocycles. The van der Waals surface area contributed by atoms with Crippen LogP contribution in [0.4, 0.5) is 5.13 Å². The summed E-state index contributed by atoms with van der Waals surface area (Å²) < 4.78 is 0. The summed E-state index contributed by atoms with van der Waals surface area (Å²) in [6, 6.07) is 0. The van der Waals surface area contributed by atoms with Crippen molar-refractivity contribution in [1.29, 1.82) is 0 Å². The normalized spacial score (nSPS) is 22.0. The number of carbonyl (C=O) groups excluding carboxylic acids is 2. The predicted octanol–water partition coefficient (Wildman–Crippen LogP) is 1.57. The molecule has 1 atom stereocenters. The van der Waals surface area contributed by atoms with Gasteiger partial charge in [0.1, 0.15) is 0 Å². The monoisotopic (exact) mass is 393 g/mol. The van der Waals surface area contributed by atoms with Crippen LogP contribution in [0.3, 0.4) is 0 Å². The van der Waals surface area contributed by atoms with Gasteiger partial charge in [0, 0.05) is 37.6 Å². The minimum absolute atomic E-state index is 0.0177. The number of piperazine rings is 1. The van der Waals surface area contributed by atoms with Crippen LogP contribution >= 0.6 is 11.3 Å². The van der Waals surface area contributed by atoms with Gasteiger partial charge in [-0.2, -0.15) is 0 Å². The topological polar surface area (TPSA) is 68.8 Å². The van der Waals surface area contributed by atoms with Crippen molar-refractivity contribution in [2.24, 2.45) is 5.92 Å². The highest BCUT2D eigenvalue weighted by Gasteiger charge is 2.31. The van der Waals surface area contributed by atoms with Crippen molar-refractivity contribution in [1.82, 2.24) is 19.7 Å². The molecule has 3 heterocycles. The molecule has 1 unspecified atom stereocenters. The van der Waals surface area contributed by atoms with Gasteiger partial charge in [-0.25, -0.2) is 4.98 Å². The number of thiazole rings is 1. The second-order valence-corrected chi connectivity index (χ2v) is 8.75. The fourth-order valence-corrected chi connectivity index (χ4v) is 4.66. The van der Waals surface area contributed by atoms with Crippen LogP contribution in [0.25, 0.3) is 0 Å². The lowest BCUT2D eigenvalue weighted by molar-refractivity contribution is -0.139. The molecular weight excluding hydrogens is 362 g/mol. The molecule has 27 heavy (non-hydrogen) atoms. The number of hydrogen-bond donors (Lipinski definition) is 1. The number of piperidine rings is 1.